The van der Waals surface area contributed by atoms with Crippen LogP contribution in [0.2, 0.25) is 0 Å². The van der Waals surface area contributed by atoms with Crippen LogP contribution in [0.3, 0.4) is 0 Å². The van der Waals surface area contributed by atoms with Crippen LogP contribution in [-0.2, 0) is 9.59 Å². The quantitative estimate of drug-likeness (QED) is 0.813. The Bertz CT molecular complexity index is 316. The van der Waals surface area contributed by atoms with E-state index < -0.39 is 0 Å². The fourth-order valence-electron chi connectivity index (χ4n) is 2.85. The lowest BCUT2D eigenvalue weighted by Gasteiger charge is -2.30. The highest BCUT2D eigenvalue weighted by atomic mass is 16.2. The number of amides is 2. The van der Waals surface area contributed by atoms with Crippen LogP contribution in [0.4, 0.5) is 0 Å². The van der Waals surface area contributed by atoms with E-state index in [-0.39, 0.29) is 23.7 Å². The van der Waals surface area contributed by atoms with Gasteiger partial charge in [-0.05, 0) is 45.4 Å². The first-order chi connectivity index (χ1) is 9.49. The molecule has 116 valence electrons. The van der Waals surface area contributed by atoms with Gasteiger partial charge in [0.2, 0.25) is 11.8 Å². The molecule has 0 aliphatic heterocycles. The van der Waals surface area contributed by atoms with Crippen molar-refractivity contribution in [1.29, 1.82) is 0 Å². The van der Waals surface area contributed by atoms with E-state index in [4.69, 9.17) is 0 Å². The van der Waals surface area contributed by atoms with E-state index in [0.717, 1.165) is 45.3 Å². The Morgan fingerprint density at radius 1 is 1.05 bits per heavy atom. The van der Waals surface area contributed by atoms with Gasteiger partial charge in [-0.25, -0.2) is 0 Å². The van der Waals surface area contributed by atoms with E-state index in [1.807, 2.05) is 18.7 Å². The molecule has 4 heteroatoms. The molecule has 0 atom stereocenters. The van der Waals surface area contributed by atoms with Gasteiger partial charge in [0.15, 0.2) is 0 Å². The van der Waals surface area contributed by atoms with Gasteiger partial charge in [0.05, 0.1) is 0 Å². The normalized spacial score (nSPS) is 22.6. The van der Waals surface area contributed by atoms with Gasteiger partial charge < -0.3 is 10.2 Å². The molecule has 0 radical (unpaired) electrons. The maximum atomic E-state index is 12.3. The lowest BCUT2D eigenvalue weighted by molar-refractivity contribution is -0.138. The highest BCUT2D eigenvalue weighted by molar-refractivity contribution is 5.81. The molecule has 0 aromatic rings. The molecule has 0 saturated heterocycles. The number of carbonyl (C=O) groups is 2. The van der Waals surface area contributed by atoms with Crippen LogP contribution in [0, 0.1) is 17.8 Å². The maximum absolute atomic E-state index is 12.3. The van der Waals surface area contributed by atoms with Crippen LogP contribution in [-0.4, -0.2) is 36.3 Å². The van der Waals surface area contributed by atoms with Gasteiger partial charge in [0.1, 0.15) is 0 Å². The van der Waals surface area contributed by atoms with Crippen LogP contribution in [0.5, 0.6) is 0 Å². The fourth-order valence-corrected chi connectivity index (χ4v) is 2.85. The molecule has 0 spiro atoms. The molecule has 1 fully saturated rings. The predicted molar refractivity (Wildman–Crippen MR) is 81.2 cm³/mol. The molecule has 0 heterocycles. The molecule has 2 amide bonds. The summed E-state index contributed by atoms with van der Waals surface area (Å²) in [6.07, 6.45) is 3.41. The Labute approximate surface area is 123 Å². The van der Waals surface area contributed by atoms with Gasteiger partial charge >= 0.3 is 0 Å². The summed E-state index contributed by atoms with van der Waals surface area (Å²) in [6, 6.07) is 0. The minimum atomic E-state index is 0.106. The first kappa shape index (κ1) is 17.0. The molecule has 1 saturated carbocycles. The molecule has 0 bridgehead atoms. The van der Waals surface area contributed by atoms with Crippen molar-refractivity contribution in [2.75, 3.05) is 19.6 Å². The van der Waals surface area contributed by atoms with Crippen LogP contribution >= 0.6 is 0 Å². The topological polar surface area (TPSA) is 49.4 Å². The summed E-state index contributed by atoms with van der Waals surface area (Å²) in [5.74, 6) is 1.17. The summed E-state index contributed by atoms with van der Waals surface area (Å²) in [6.45, 7) is 10.5. The first-order valence-electron chi connectivity index (χ1n) is 8.06. The average molecular weight is 282 g/mol. The predicted octanol–water partition coefficient (Wildman–Crippen LogP) is 2.43. The van der Waals surface area contributed by atoms with E-state index >= 15 is 0 Å². The minimum absolute atomic E-state index is 0.106. The van der Waals surface area contributed by atoms with Crippen molar-refractivity contribution in [2.45, 2.75) is 53.4 Å². The second-order valence-electron chi connectivity index (χ2n) is 6.20. The summed E-state index contributed by atoms with van der Waals surface area (Å²) in [7, 11) is 0. The number of nitrogens with one attached hydrogen (secondary N) is 1. The molecular weight excluding hydrogens is 252 g/mol. The molecule has 0 aromatic carbocycles. The zero-order chi connectivity index (χ0) is 15.1. The zero-order valence-corrected chi connectivity index (χ0v) is 13.4. The van der Waals surface area contributed by atoms with Gasteiger partial charge in [-0.1, -0.05) is 13.8 Å². The number of hydrogen-bond acceptors (Lipinski definition) is 2. The molecule has 4 nitrogen and oxygen atoms in total. The van der Waals surface area contributed by atoms with Gasteiger partial charge in [-0.3, -0.25) is 9.59 Å². The summed E-state index contributed by atoms with van der Waals surface area (Å²) in [5, 5.41) is 3.01. The van der Waals surface area contributed by atoms with Crippen LogP contribution in [0.1, 0.15) is 53.4 Å². The van der Waals surface area contributed by atoms with Gasteiger partial charge in [-0.2, -0.15) is 0 Å². The van der Waals surface area contributed by atoms with Crippen LogP contribution < -0.4 is 5.32 Å². The van der Waals surface area contributed by atoms with Crippen molar-refractivity contribution < 1.29 is 9.59 Å². The zero-order valence-electron chi connectivity index (χ0n) is 13.4. The van der Waals surface area contributed by atoms with Crippen molar-refractivity contribution in [2.24, 2.45) is 17.8 Å². The SMILES string of the molecule is CCN(CC)C(=O)C1CCC(C(=O)NCC(C)C)CC1. The first-order valence-corrected chi connectivity index (χ1v) is 8.06. The molecule has 1 rings (SSSR count). The second kappa shape index (κ2) is 8.28. The van der Waals surface area contributed by atoms with E-state index in [9.17, 15) is 9.59 Å². The lowest BCUT2D eigenvalue weighted by Crippen LogP contribution is -2.40. The largest absolute Gasteiger partial charge is 0.356 e. The third-order valence-corrected chi connectivity index (χ3v) is 4.21. The summed E-state index contributed by atoms with van der Waals surface area (Å²) < 4.78 is 0. The Hall–Kier alpha value is -1.06. The Morgan fingerprint density at radius 2 is 1.55 bits per heavy atom. The van der Waals surface area contributed by atoms with Crippen molar-refractivity contribution in [3.8, 4) is 0 Å². The van der Waals surface area contributed by atoms with Gasteiger partial charge in [-0.15, -0.1) is 0 Å². The van der Waals surface area contributed by atoms with Crippen LogP contribution in [0.25, 0.3) is 0 Å². The van der Waals surface area contributed by atoms with Crippen molar-refractivity contribution in [3.05, 3.63) is 0 Å². The monoisotopic (exact) mass is 282 g/mol. The third kappa shape index (κ3) is 4.80. The Morgan fingerprint density at radius 3 is 2.00 bits per heavy atom. The van der Waals surface area contributed by atoms with E-state index in [0.29, 0.717) is 5.92 Å². The van der Waals surface area contributed by atoms with E-state index in [1.165, 1.54) is 0 Å². The smallest absolute Gasteiger partial charge is 0.225 e. The fraction of sp³-hybridized carbons (Fsp3) is 0.875. The average Bonchev–Trinajstić information content (AvgIpc) is 2.46. The minimum Gasteiger partial charge on any atom is -0.356 e. The third-order valence-electron chi connectivity index (χ3n) is 4.21. The lowest BCUT2D eigenvalue weighted by atomic mass is 9.81. The number of hydrogen-bond donors (Lipinski definition) is 1. The van der Waals surface area contributed by atoms with Gasteiger partial charge in [0.25, 0.3) is 0 Å². The second-order valence-corrected chi connectivity index (χ2v) is 6.20. The standard InChI is InChI=1S/C16H30N2O2/c1-5-18(6-2)16(20)14-9-7-13(8-10-14)15(19)17-11-12(3)4/h12-14H,5-11H2,1-4H3,(H,17,19). The molecule has 20 heavy (non-hydrogen) atoms. The number of nitrogens with zero attached hydrogens (tertiary/aromatic N) is 1. The van der Waals surface area contributed by atoms with Crippen molar-refractivity contribution in [3.63, 3.8) is 0 Å². The summed E-state index contributed by atoms with van der Waals surface area (Å²) >= 11 is 0. The molecule has 0 unspecified atom stereocenters. The van der Waals surface area contributed by atoms with Crippen LogP contribution in [0.15, 0.2) is 0 Å². The molecule has 0 aromatic heterocycles. The van der Waals surface area contributed by atoms with Crippen molar-refractivity contribution >= 4 is 11.8 Å². The Kier molecular flexibility index (Phi) is 7.03. The highest BCUT2D eigenvalue weighted by Gasteiger charge is 2.31. The van der Waals surface area contributed by atoms with Crippen molar-refractivity contribution in [1.82, 2.24) is 10.2 Å². The highest BCUT2D eigenvalue weighted by Crippen LogP contribution is 2.30. The van der Waals surface area contributed by atoms with Gasteiger partial charge in [0, 0.05) is 31.5 Å². The van der Waals surface area contributed by atoms with E-state index in [2.05, 4.69) is 19.2 Å². The number of carbonyl (C=O) groups excluding carboxylic acids is 2. The molecule has 1 aliphatic rings. The molecule has 1 aliphatic carbocycles. The maximum Gasteiger partial charge on any atom is 0.225 e. The number of rotatable bonds is 6. The summed E-state index contributed by atoms with van der Waals surface area (Å²) in [4.78, 5) is 26.2. The Balaban J connectivity index is 2.39. The summed E-state index contributed by atoms with van der Waals surface area (Å²) in [5.41, 5.74) is 0. The molecule has 1 N–H and O–H groups in total. The van der Waals surface area contributed by atoms with E-state index in [1.54, 1.807) is 0 Å². The molecular formula is C16H30N2O2.